The van der Waals surface area contributed by atoms with E-state index in [-0.39, 0.29) is 12.2 Å². The molecule has 1 unspecified atom stereocenters. The Morgan fingerprint density at radius 2 is 2.00 bits per heavy atom. The van der Waals surface area contributed by atoms with Crippen LogP contribution < -0.4 is 4.74 Å². The minimum absolute atomic E-state index is 0.0336. The van der Waals surface area contributed by atoms with Crippen LogP contribution >= 0.6 is 0 Å². The van der Waals surface area contributed by atoms with Gasteiger partial charge in [-0.05, 0) is 37.7 Å². The number of hydrogen-bond acceptors (Lipinski definition) is 3. The summed E-state index contributed by atoms with van der Waals surface area (Å²) in [5, 5.41) is 9.19. The second kappa shape index (κ2) is 7.36. The molecule has 1 rings (SSSR count). The smallest absolute Gasteiger partial charge is 0.387 e. The normalized spacial score (nSPS) is 14.2. The molecular formula is C15H21F2NO3. The van der Waals surface area contributed by atoms with Gasteiger partial charge in [-0.2, -0.15) is 8.78 Å². The van der Waals surface area contributed by atoms with Gasteiger partial charge in [0.15, 0.2) is 0 Å². The molecule has 0 saturated heterocycles. The molecule has 0 amide bonds. The van der Waals surface area contributed by atoms with Crippen LogP contribution in [0.2, 0.25) is 0 Å². The second-order valence-corrected chi connectivity index (χ2v) is 4.92. The van der Waals surface area contributed by atoms with Crippen LogP contribution in [0.25, 0.3) is 0 Å². The first kappa shape index (κ1) is 17.4. The number of halogens is 2. The molecule has 1 aromatic rings. The first-order valence-corrected chi connectivity index (χ1v) is 6.85. The van der Waals surface area contributed by atoms with E-state index in [1.54, 1.807) is 19.1 Å². The summed E-state index contributed by atoms with van der Waals surface area (Å²) in [5.74, 6) is -0.907. The molecule has 0 spiro atoms. The standard InChI is InChI=1S/C15H21F2NO3/c1-4-18(5-2)15(3,10-13(19)20)11-7-6-8-12(9-11)21-14(16)17/h6-9,14H,4-5,10H2,1-3H3,(H,19,20). The predicted molar refractivity (Wildman–Crippen MR) is 75.6 cm³/mol. The van der Waals surface area contributed by atoms with Crippen molar-refractivity contribution in [2.75, 3.05) is 13.1 Å². The molecule has 0 heterocycles. The zero-order chi connectivity index (χ0) is 16.0. The number of alkyl halides is 2. The number of carboxylic acids is 1. The fraction of sp³-hybridized carbons (Fsp3) is 0.533. The van der Waals surface area contributed by atoms with Gasteiger partial charge in [0.1, 0.15) is 5.75 Å². The lowest BCUT2D eigenvalue weighted by Gasteiger charge is -2.40. The Kier molecular flexibility index (Phi) is 6.08. The summed E-state index contributed by atoms with van der Waals surface area (Å²) in [6, 6.07) is 6.24. The van der Waals surface area contributed by atoms with Crippen LogP contribution in [-0.4, -0.2) is 35.7 Å². The van der Waals surface area contributed by atoms with Gasteiger partial charge in [-0.15, -0.1) is 0 Å². The Hall–Kier alpha value is -1.69. The van der Waals surface area contributed by atoms with E-state index in [0.717, 1.165) is 0 Å². The highest BCUT2D eigenvalue weighted by atomic mass is 19.3. The van der Waals surface area contributed by atoms with Crippen molar-refractivity contribution < 1.29 is 23.4 Å². The summed E-state index contributed by atoms with van der Waals surface area (Å²) in [5.41, 5.74) is -0.136. The Labute approximate surface area is 123 Å². The van der Waals surface area contributed by atoms with Crippen LogP contribution in [0, 0.1) is 0 Å². The maximum atomic E-state index is 12.3. The zero-order valence-corrected chi connectivity index (χ0v) is 12.5. The highest BCUT2D eigenvalue weighted by Gasteiger charge is 2.34. The van der Waals surface area contributed by atoms with Crippen molar-refractivity contribution in [2.24, 2.45) is 0 Å². The minimum Gasteiger partial charge on any atom is -0.481 e. The third kappa shape index (κ3) is 4.39. The van der Waals surface area contributed by atoms with Gasteiger partial charge in [-0.3, -0.25) is 9.69 Å². The first-order chi connectivity index (χ1) is 9.83. The van der Waals surface area contributed by atoms with E-state index < -0.39 is 18.1 Å². The Balaban J connectivity index is 3.22. The van der Waals surface area contributed by atoms with Crippen molar-refractivity contribution in [3.63, 3.8) is 0 Å². The second-order valence-electron chi connectivity index (χ2n) is 4.92. The molecule has 21 heavy (non-hydrogen) atoms. The first-order valence-electron chi connectivity index (χ1n) is 6.85. The molecule has 1 aromatic carbocycles. The maximum Gasteiger partial charge on any atom is 0.387 e. The maximum absolute atomic E-state index is 12.3. The molecule has 1 atom stereocenters. The van der Waals surface area contributed by atoms with Crippen molar-refractivity contribution in [3.05, 3.63) is 29.8 Å². The van der Waals surface area contributed by atoms with Gasteiger partial charge in [0.25, 0.3) is 0 Å². The Bertz CT molecular complexity index is 478. The van der Waals surface area contributed by atoms with Crippen molar-refractivity contribution in [1.29, 1.82) is 0 Å². The lowest BCUT2D eigenvalue weighted by atomic mass is 9.86. The van der Waals surface area contributed by atoms with E-state index in [1.807, 2.05) is 18.7 Å². The predicted octanol–water partition coefficient (Wildman–Crippen LogP) is 3.32. The molecule has 0 fully saturated rings. The highest BCUT2D eigenvalue weighted by Crippen LogP contribution is 2.34. The average Bonchev–Trinajstić information content (AvgIpc) is 2.38. The van der Waals surface area contributed by atoms with E-state index in [0.29, 0.717) is 18.7 Å². The molecule has 118 valence electrons. The number of nitrogens with zero attached hydrogens (tertiary/aromatic N) is 1. The van der Waals surface area contributed by atoms with Crippen molar-refractivity contribution in [2.45, 2.75) is 39.3 Å². The number of carboxylic acid groups (broad SMARTS) is 1. The SMILES string of the molecule is CCN(CC)C(C)(CC(=O)O)c1cccc(OC(F)F)c1. The minimum atomic E-state index is -2.90. The van der Waals surface area contributed by atoms with Crippen LogP contribution in [0.5, 0.6) is 5.75 Å². The summed E-state index contributed by atoms with van der Waals surface area (Å²) in [6.07, 6.45) is -0.118. The molecule has 4 nitrogen and oxygen atoms in total. The van der Waals surface area contributed by atoms with E-state index in [1.165, 1.54) is 12.1 Å². The molecule has 0 aliphatic heterocycles. The van der Waals surface area contributed by atoms with E-state index in [9.17, 15) is 18.7 Å². The number of benzene rings is 1. The molecular weight excluding hydrogens is 280 g/mol. The topological polar surface area (TPSA) is 49.8 Å². The average molecular weight is 301 g/mol. The quantitative estimate of drug-likeness (QED) is 0.800. The zero-order valence-electron chi connectivity index (χ0n) is 12.5. The molecule has 0 aliphatic rings. The number of ether oxygens (including phenoxy) is 1. The molecule has 0 radical (unpaired) electrons. The summed E-state index contributed by atoms with van der Waals surface area (Å²) in [7, 11) is 0. The van der Waals surface area contributed by atoms with Crippen LogP contribution in [0.1, 0.15) is 32.8 Å². The number of rotatable bonds is 8. The summed E-state index contributed by atoms with van der Waals surface area (Å²) >= 11 is 0. The molecule has 0 bridgehead atoms. The van der Waals surface area contributed by atoms with E-state index in [2.05, 4.69) is 4.74 Å². The van der Waals surface area contributed by atoms with Gasteiger partial charge in [-0.1, -0.05) is 26.0 Å². The van der Waals surface area contributed by atoms with Crippen LogP contribution in [0.4, 0.5) is 8.78 Å². The Morgan fingerprint density at radius 3 is 2.48 bits per heavy atom. The number of aliphatic carboxylic acids is 1. The van der Waals surface area contributed by atoms with E-state index in [4.69, 9.17) is 0 Å². The van der Waals surface area contributed by atoms with Gasteiger partial charge in [0.2, 0.25) is 0 Å². The summed E-state index contributed by atoms with van der Waals surface area (Å²) in [6.45, 7) is 4.07. The van der Waals surface area contributed by atoms with Gasteiger partial charge in [-0.25, -0.2) is 0 Å². The van der Waals surface area contributed by atoms with Gasteiger partial charge in [0, 0.05) is 0 Å². The fourth-order valence-electron chi connectivity index (χ4n) is 2.62. The summed E-state index contributed by atoms with van der Waals surface area (Å²) in [4.78, 5) is 13.2. The lowest BCUT2D eigenvalue weighted by molar-refractivity contribution is -0.140. The summed E-state index contributed by atoms with van der Waals surface area (Å²) < 4.78 is 29.0. The van der Waals surface area contributed by atoms with Crippen molar-refractivity contribution in [1.82, 2.24) is 4.90 Å². The van der Waals surface area contributed by atoms with Gasteiger partial charge in [0.05, 0.1) is 12.0 Å². The van der Waals surface area contributed by atoms with Crippen LogP contribution in [-0.2, 0) is 10.3 Å². The highest BCUT2D eigenvalue weighted by molar-refractivity contribution is 5.69. The third-order valence-electron chi connectivity index (χ3n) is 3.64. The van der Waals surface area contributed by atoms with Crippen LogP contribution in [0.15, 0.2) is 24.3 Å². The molecule has 0 aliphatic carbocycles. The van der Waals surface area contributed by atoms with Crippen molar-refractivity contribution >= 4 is 5.97 Å². The van der Waals surface area contributed by atoms with Crippen LogP contribution in [0.3, 0.4) is 0 Å². The Morgan fingerprint density at radius 1 is 1.38 bits per heavy atom. The van der Waals surface area contributed by atoms with E-state index >= 15 is 0 Å². The monoisotopic (exact) mass is 301 g/mol. The molecule has 6 heteroatoms. The third-order valence-corrected chi connectivity index (χ3v) is 3.64. The largest absolute Gasteiger partial charge is 0.481 e. The van der Waals surface area contributed by atoms with Gasteiger partial charge < -0.3 is 9.84 Å². The molecule has 1 N–H and O–H groups in total. The fourth-order valence-corrected chi connectivity index (χ4v) is 2.62. The molecule has 0 saturated carbocycles. The number of hydrogen-bond donors (Lipinski definition) is 1. The van der Waals surface area contributed by atoms with Gasteiger partial charge >= 0.3 is 12.6 Å². The van der Waals surface area contributed by atoms with Crippen molar-refractivity contribution in [3.8, 4) is 5.75 Å². The number of carbonyl (C=O) groups is 1. The molecule has 0 aromatic heterocycles. The lowest BCUT2D eigenvalue weighted by Crippen LogP contribution is -2.45.